The van der Waals surface area contributed by atoms with Crippen molar-refractivity contribution in [3.05, 3.63) is 53.6 Å². The van der Waals surface area contributed by atoms with E-state index in [1.165, 1.54) is 5.56 Å². The van der Waals surface area contributed by atoms with Crippen molar-refractivity contribution in [2.24, 2.45) is 0 Å². The van der Waals surface area contributed by atoms with Crippen LogP contribution >= 0.6 is 0 Å². The maximum absolute atomic E-state index is 10.2. The molecule has 2 aromatic rings. The number of aromatic nitrogens is 2. The van der Waals surface area contributed by atoms with Crippen molar-refractivity contribution < 1.29 is 5.11 Å². The first-order chi connectivity index (χ1) is 7.98. The summed E-state index contributed by atoms with van der Waals surface area (Å²) in [6, 6.07) is 8.05. The number of nitrogens with zero attached hydrogens (tertiary/aromatic N) is 1. The molecule has 2 rings (SSSR count). The summed E-state index contributed by atoms with van der Waals surface area (Å²) >= 11 is 0. The number of rotatable bonds is 2. The first-order valence-electron chi connectivity index (χ1n) is 5.75. The van der Waals surface area contributed by atoms with E-state index in [4.69, 9.17) is 0 Å². The Bertz CT molecular complexity index is 483. The van der Waals surface area contributed by atoms with Crippen molar-refractivity contribution in [3.8, 4) is 0 Å². The Kier molecular flexibility index (Phi) is 3.03. The highest BCUT2D eigenvalue weighted by Gasteiger charge is 2.17. The summed E-state index contributed by atoms with van der Waals surface area (Å²) in [6.07, 6.45) is 2.58. The highest BCUT2D eigenvalue weighted by atomic mass is 16.3. The predicted molar refractivity (Wildman–Crippen MR) is 67.8 cm³/mol. The number of imidazole rings is 1. The molecule has 0 saturated carbocycles. The standard InChI is InChI=1S/C14H18N2O/c1-14(2,3)11-6-4-5-10(7-11)13(17)12-8-15-9-16-12/h4-9,13,17H,1-3H3,(H,15,16). The van der Waals surface area contributed by atoms with E-state index in [0.29, 0.717) is 0 Å². The second-order valence-corrected chi connectivity index (χ2v) is 5.28. The molecule has 1 atom stereocenters. The molecule has 1 unspecified atom stereocenters. The number of hydrogen-bond acceptors (Lipinski definition) is 2. The third kappa shape index (κ3) is 2.56. The average molecular weight is 230 g/mol. The molecular formula is C14H18N2O. The van der Waals surface area contributed by atoms with Gasteiger partial charge < -0.3 is 10.1 Å². The first kappa shape index (κ1) is 11.9. The third-order valence-corrected chi connectivity index (χ3v) is 2.88. The van der Waals surface area contributed by atoms with E-state index in [1.807, 2.05) is 18.2 Å². The fraction of sp³-hybridized carbons (Fsp3) is 0.357. The van der Waals surface area contributed by atoms with Crippen molar-refractivity contribution in [2.75, 3.05) is 0 Å². The fourth-order valence-corrected chi connectivity index (χ4v) is 1.77. The topological polar surface area (TPSA) is 48.9 Å². The van der Waals surface area contributed by atoms with Gasteiger partial charge in [-0.1, -0.05) is 45.0 Å². The van der Waals surface area contributed by atoms with Crippen LogP contribution in [0.5, 0.6) is 0 Å². The van der Waals surface area contributed by atoms with Crippen LogP contribution in [0, 0.1) is 0 Å². The molecule has 1 aromatic carbocycles. The van der Waals surface area contributed by atoms with Gasteiger partial charge in [0.15, 0.2) is 0 Å². The Hall–Kier alpha value is -1.61. The molecule has 0 aliphatic rings. The Morgan fingerprint density at radius 2 is 2.06 bits per heavy atom. The zero-order chi connectivity index (χ0) is 12.5. The molecule has 1 aromatic heterocycles. The second kappa shape index (κ2) is 4.34. The number of H-pyrrole nitrogens is 1. The van der Waals surface area contributed by atoms with Crippen LogP contribution in [0.2, 0.25) is 0 Å². The zero-order valence-electron chi connectivity index (χ0n) is 10.4. The number of hydrogen-bond donors (Lipinski definition) is 2. The molecule has 0 fully saturated rings. The van der Waals surface area contributed by atoms with Gasteiger partial charge in [0.1, 0.15) is 6.10 Å². The third-order valence-electron chi connectivity index (χ3n) is 2.88. The lowest BCUT2D eigenvalue weighted by molar-refractivity contribution is 0.215. The quantitative estimate of drug-likeness (QED) is 0.833. The molecule has 0 spiro atoms. The van der Waals surface area contributed by atoms with Gasteiger partial charge in [-0.2, -0.15) is 0 Å². The molecule has 17 heavy (non-hydrogen) atoms. The van der Waals surface area contributed by atoms with Crippen LogP contribution in [-0.4, -0.2) is 15.1 Å². The van der Waals surface area contributed by atoms with E-state index < -0.39 is 6.10 Å². The maximum Gasteiger partial charge on any atom is 0.120 e. The van der Waals surface area contributed by atoms with Gasteiger partial charge >= 0.3 is 0 Å². The largest absolute Gasteiger partial charge is 0.382 e. The highest BCUT2D eigenvalue weighted by molar-refractivity contribution is 5.32. The summed E-state index contributed by atoms with van der Waals surface area (Å²) in [5.41, 5.74) is 2.91. The van der Waals surface area contributed by atoms with Crippen LogP contribution in [0.25, 0.3) is 0 Å². The van der Waals surface area contributed by atoms with Crippen molar-refractivity contribution in [3.63, 3.8) is 0 Å². The monoisotopic (exact) mass is 230 g/mol. The minimum Gasteiger partial charge on any atom is -0.382 e. The van der Waals surface area contributed by atoms with E-state index in [0.717, 1.165) is 11.3 Å². The van der Waals surface area contributed by atoms with Gasteiger partial charge in [0.05, 0.1) is 18.2 Å². The van der Waals surface area contributed by atoms with E-state index in [2.05, 4.69) is 36.8 Å². The Morgan fingerprint density at radius 3 is 2.65 bits per heavy atom. The SMILES string of the molecule is CC(C)(C)c1cccc(C(O)c2cnc[nH]2)c1. The normalized spacial score (nSPS) is 13.6. The summed E-state index contributed by atoms with van der Waals surface area (Å²) in [7, 11) is 0. The molecule has 0 radical (unpaired) electrons. The molecular weight excluding hydrogens is 212 g/mol. The Balaban J connectivity index is 2.34. The van der Waals surface area contributed by atoms with Crippen LogP contribution in [0.15, 0.2) is 36.8 Å². The zero-order valence-corrected chi connectivity index (χ0v) is 10.4. The second-order valence-electron chi connectivity index (χ2n) is 5.28. The number of aliphatic hydroxyl groups excluding tert-OH is 1. The van der Waals surface area contributed by atoms with Crippen LogP contribution in [-0.2, 0) is 5.41 Å². The van der Waals surface area contributed by atoms with Gasteiger partial charge in [-0.3, -0.25) is 0 Å². The molecule has 3 nitrogen and oxygen atoms in total. The maximum atomic E-state index is 10.2. The van der Waals surface area contributed by atoms with Crippen molar-refractivity contribution >= 4 is 0 Å². The first-order valence-corrected chi connectivity index (χ1v) is 5.75. The van der Waals surface area contributed by atoms with Crippen LogP contribution in [0.4, 0.5) is 0 Å². The summed E-state index contributed by atoms with van der Waals surface area (Å²) < 4.78 is 0. The lowest BCUT2D eigenvalue weighted by atomic mass is 9.85. The van der Waals surface area contributed by atoms with Crippen molar-refractivity contribution in [1.29, 1.82) is 0 Å². The van der Waals surface area contributed by atoms with E-state index in [9.17, 15) is 5.11 Å². The van der Waals surface area contributed by atoms with E-state index >= 15 is 0 Å². The van der Waals surface area contributed by atoms with Gasteiger partial charge in [-0.05, 0) is 16.5 Å². The summed E-state index contributed by atoms with van der Waals surface area (Å²) in [5.74, 6) is 0. The van der Waals surface area contributed by atoms with Crippen LogP contribution in [0.1, 0.15) is 43.7 Å². The van der Waals surface area contributed by atoms with Crippen molar-refractivity contribution in [2.45, 2.75) is 32.3 Å². The minimum absolute atomic E-state index is 0.0870. The van der Waals surface area contributed by atoms with Gasteiger partial charge in [0, 0.05) is 0 Å². The number of benzene rings is 1. The number of nitrogens with one attached hydrogen (secondary N) is 1. The summed E-state index contributed by atoms with van der Waals surface area (Å²) in [4.78, 5) is 6.86. The number of aromatic amines is 1. The molecule has 0 aliphatic carbocycles. The van der Waals surface area contributed by atoms with Crippen LogP contribution in [0.3, 0.4) is 0 Å². The minimum atomic E-state index is -0.639. The Morgan fingerprint density at radius 1 is 1.29 bits per heavy atom. The van der Waals surface area contributed by atoms with Crippen LogP contribution < -0.4 is 0 Å². The molecule has 90 valence electrons. The smallest absolute Gasteiger partial charge is 0.120 e. The fourth-order valence-electron chi connectivity index (χ4n) is 1.77. The summed E-state index contributed by atoms with van der Waals surface area (Å²) in [5, 5.41) is 10.2. The van der Waals surface area contributed by atoms with Gasteiger partial charge in [0.2, 0.25) is 0 Å². The van der Waals surface area contributed by atoms with E-state index in [1.54, 1.807) is 12.5 Å². The Labute approximate surface area is 102 Å². The average Bonchev–Trinajstić information content (AvgIpc) is 2.80. The molecule has 2 N–H and O–H groups in total. The van der Waals surface area contributed by atoms with Gasteiger partial charge in [-0.25, -0.2) is 4.98 Å². The molecule has 0 aliphatic heterocycles. The summed E-state index contributed by atoms with van der Waals surface area (Å²) in [6.45, 7) is 6.48. The molecule has 1 heterocycles. The molecule has 0 amide bonds. The van der Waals surface area contributed by atoms with Gasteiger partial charge in [0.25, 0.3) is 0 Å². The lowest BCUT2D eigenvalue weighted by Crippen LogP contribution is -2.12. The molecule has 3 heteroatoms. The molecule has 0 bridgehead atoms. The van der Waals surface area contributed by atoms with Gasteiger partial charge in [-0.15, -0.1) is 0 Å². The molecule has 0 saturated heterocycles. The lowest BCUT2D eigenvalue weighted by Gasteiger charge is -2.20. The predicted octanol–water partition coefficient (Wildman–Crippen LogP) is 2.79. The van der Waals surface area contributed by atoms with Crippen molar-refractivity contribution in [1.82, 2.24) is 9.97 Å². The number of aliphatic hydroxyl groups is 1. The highest BCUT2D eigenvalue weighted by Crippen LogP contribution is 2.26. The van der Waals surface area contributed by atoms with E-state index in [-0.39, 0.29) is 5.41 Å².